The summed E-state index contributed by atoms with van der Waals surface area (Å²) in [6.45, 7) is 0. The molecule has 0 saturated heterocycles. The Kier molecular flexibility index (Phi) is 2.77. The standard InChI is InChI=1S/C9H5F3NO/c10-9(11,12)8(14)7-3-1-2-6(4-7)5-13/h1-4,8H. The van der Waals surface area contributed by atoms with E-state index < -0.39 is 17.8 Å². The van der Waals surface area contributed by atoms with Crippen molar-refractivity contribution in [1.82, 2.24) is 0 Å². The van der Waals surface area contributed by atoms with E-state index in [9.17, 15) is 18.3 Å². The molecule has 0 heterocycles. The molecule has 1 rings (SSSR count). The molecule has 0 saturated carbocycles. The number of halogens is 3. The van der Waals surface area contributed by atoms with Crippen molar-refractivity contribution < 1.29 is 18.3 Å². The van der Waals surface area contributed by atoms with Crippen molar-refractivity contribution in [1.29, 1.82) is 5.26 Å². The second kappa shape index (κ2) is 3.68. The van der Waals surface area contributed by atoms with Crippen molar-refractivity contribution in [2.75, 3.05) is 0 Å². The maximum Gasteiger partial charge on any atom is 0.422 e. The number of alkyl halides is 3. The van der Waals surface area contributed by atoms with E-state index in [0.29, 0.717) is 0 Å². The lowest BCUT2D eigenvalue weighted by atomic mass is 10.1. The Bertz CT molecular complexity index is 367. The zero-order chi connectivity index (χ0) is 10.8. The third-order valence-electron chi connectivity index (χ3n) is 1.62. The van der Waals surface area contributed by atoms with Crippen molar-refractivity contribution in [2.45, 2.75) is 12.3 Å². The van der Waals surface area contributed by atoms with Crippen LogP contribution in [0.5, 0.6) is 0 Å². The molecule has 1 aromatic rings. The number of hydrogen-bond acceptors (Lipinski definition) is 1. The molecule has 1 atom stereocenters. The zero-order valence-corrected chi connectivity index (χ0v) is 6.88. The van der Waals surface area contributed by atoms with Crippen LogP contribution in [0.25, 0.3) is 0 Å². The Labute approximate surface area is 78.2 Å². The highest BCUT2D eigenvalue weighted by atomic mass is 19.4. The van der Waals surface area contributed by atoms with E-state index in [1.54, 1.807) is 6.07 Å². The second-order valence-electron chi connectivity index (χ2n) is 2.66. The van der Waals surface area contributed by atoms with Gasteiger partial charge in [-0.1, -0.05) is 12.1 Å². The van der Waals surface area contributed by atoms with Gasteiger partial charge in [0, 0.05) is 0 Å². The molecule has 1 unspecified atom stereocenters. The quantitative estimate of drug-likeness (QED) is 0.687. The highest BCUT2D eigenvalue weighted by Crippen LogP contribution is 2.33. The average molecular weight is 200 g/mol. The molecule has 0 fully saturated rings. The SMILES string of the molecule is N#Cc1cccc(C([O])C(F)(F)F)c1. The fourth-order valence-electron chi connectivity index (χ4n) is 0.960. The van der Waals surface area contributed by atoms with Crippen molar-refractivity contribution in [3.8, 4) is 6.07 Å². The smallest absolute Gasteiger partial charge is 0.218 e. The third kappa shape index (κ3) is 2.24. The summed E-state index contributed by atoms with van der Waals surface area (Å²) in [5.41, 5.74) is -0.385. The third-order valence-corrected chi connectivity index (χ3v) is 1.62. The summed E-state index contributed by atoms with van der Waals surface area (Å²) in [6, 6.07) is 6.27. The summed E-state index contributed by atoms with van der Waals surface area (Å²) in [5, 5.41) is 19.2. The molecule has 0 bridgehead atoms. The molecule has 14 heavy (non-hydrogen) atoms. The van der Waals surface area contributed by atoms with E-state index in [1.165, 1.54) is 12.1 Å². The molecule has 0 N–H and O–H groups in total. The van der Waals surface area contributed by atoms with Crippen LogP contribution in [-0.4, -0.2) is 6.18 Å². The first-order valence-corrected chi connectivity index (χ1v) is 3.67. The van der Waals surface area contributed by atoms with Gasteiger partial charge in [0.25, 0.3) is 0 Å². The normalized spacial score (nSPS) is 13.4. The maximum atomic E-state index is 12.0. The van der Waals surface area contributed by atoms with Gasteiger partial charge in [0.15, 0.2) is 0 Å². The van der Waals surface area contributed by atoms with Crippen molar-refractivity contribution in [3.05, 3.63) is 35.4 Å². The molecule has 73 valence electrons. The van der Waals surface area contributed by atoms with Crippen LogP contribution in [0, 0.1) is 11.3 Å². The molecular weight excluding hydrogens is 195 g/mol. The van der Waals surface area contributed by atoms with Gasteiger partial charge in [-0.3, -0.25) is 0 Å². The Morgan fingerprint density at radius 1 is 1.36 bits per heavy atom. The lowest BCUT2D eigenvalue weighted by molar-refractivity contribution is -0.225. The minimum atomic E-state index is -4.81. The Morgan fingerprint density at radius 2 is 2.00 bits per heavy atom. The number of rotatable bonds is 1. The molecular formula is C9H5F3NO. The highest BCUT2D eigenvalue weighted by Gasteiger charge is 2.41. The van der Waals surface area contributed by atoms with Crippen LogP contribution >= 0.6 is 0 Å². The molecule has 0 aromatic heterocycles. The lowest BCUT2D eigenvalue weighted by Crippen LogP contribution is -2.19. The monoisotopic (exact) mass is 200 g/mol. The molecule has 0 amide bonds. The lowest BCUT2D eigenvalue weighted by Gasteiger charge is -2.12. The summed E-state index contributed by atoms with van der Waals surface area (Å²) in [4.78, 5) is 0. The first-order chi connectivity index (χ1) is 6.45. The van der Waals surface area contributed by atoms with E-state index in [2.05, 4.69) is 0 Å². The minimum Gasteiger partial charge on any atom is -0.218 e. The topological polar surface area (TPSA) is 43.7 Å². The molecule has 0 aliphatic rings. The van der Waals surface area contributed by atoms with Crippen LogP contribution in [0.15, 0.2) is 24.3 Å². The molecule has 0 spiro atoms. The van der Waals surface area contributed by atoms with Crippen molar-refractivity contribution >= 4 is 0 Å². The van der Waals surface area contributed by atoms with Crippen LogP contribution in [-0.2, 0) is 5.11 Å². The first-order valence-electron chi connectivity index (χ1n) is 3.67. The van der Waals surface area contributed by atoms with Crippen LogP contribution in [0.2, 0.25) is 0 Å². The van der Waals surface area contributed by atoms with Gasteiger partial charge in [0.2, 0.25) is 6.10 Å². The maximum absolute atomic E-state index is 12.0. The Hall–Kier alpha value is -1.54. The Balaban J connectivity index is 3.03. The molecule has 1 aromatic carbocycles. The van der Waals surface area contributed by atoms with Gasteiger partial charge in [0.1, 0.15) is 0 Å². The fourth-order valence-corrected chi connectivity index (χ4v) is 0.960. The summed E-state index contributed by atoms with van der Waals surface area (Å²) in [5.74, 6) is 0. The predicted molar refractivity (Wildman–Crippen MR) is 40.6 cm³/mol. The second-order valence-corrected chi connectivity index (χ2v) is 2.66. The van der Waals surface area contributed by atoms with Gasteiger partial charge in [0.05, 0.1) is 11.6 Å². The van der Waals surface area contributed by atoms with Gasteiger partial charge in [-0.05, 0) is 17.7 Å². The zero-order valence-electron chi connectivity index (χ0n) is 6.88. The van der Waals surface area contributed by atoms with Gasteiger partial charge >= 0.3 is 6.18 Å². The summed E-state index contributed by atoms with van der Waals surface area (Å²) < 4.78 is 35.9. The molecule has 5 heteroatoms. The van der Waals surface area contributed by atoms with E-state index in [0.717, 1.165) is 12.1 Å². The van der Waals surface area contributed by atoms with Gasteiger partial charge in [-0.2, -0.15) is 18.4 Å². The number of benzene rings is 1. The van der Waals surface area contributed by atoms with Crippen molar-refractivity contribution in [2.24, 2.45) is 0 Å². The Morgan fingerprint density at radius 3 is 2.50 bits per heavy atom. The van der Waals surface area contributed by atoms with Crippen LogP contribution in [0.4, 0.5) is 13.2 Å². The molecule has 0 aliphatic carbocycles. The van der Waals surface area contributed by atoms with Gasteiger partial charge in [-0.25, -0.2) is 5.11 Å². The summed E-state index contributed by atoms with van der Waals surface area (Å²) in [7, 11) is 0. The summed E-state index contributed by atoms with van der Waals surface area (Å²) >= 11 is 0. The van der Waals surface area contributed by atoms with Gasteiger partial charge < -0.3 is 0 Å². The fraction of sp³-hybridized carbons (Fsp3) is 0.222. The summed E-state index contributed by atoms with van der Waals surface area (Å²) in [6.07, 6.45) is -7.59. The number of nitriles is 1. The first kappa shape index (κ1) is 10.5. The van der Waals surface area contributed by atoms with Gasteiger partial charge in [-0.15, -0.1) is 0 Å². The van der Waals surface area contributed by atoms with Crippen LogP contribution < -0.4 is 0 Å². The van der Waals surface area contributed by atoms with E-state index in [1.807, 2.05) is 0 Å². The minimum absolute atomic E-state index is 0.0487. The molecule has 0 aliphatic heterocycles. The van der Waals surface area contributed by atoms with Crippen molar-refractivity contribution in [3.63, 3.8) is 0 Å². The predicted octanol–water partition coefficient (Wildman–Crippen LogP) is 2.59. The largest absolute Gasteiger partial charge is 0.422 e. The average Bonchev–Trinajstić information content (AvgIpc) is 2.15. The molecule has 1 radical (unpaired) electrons. The van der Waals surface area contributed by atoms with Crippen LogP contribution in [0.3, 0.4) is 0 Å². The number of hydrogen-bond donors (Lipinski definition) is 0. The van der Waals surface area contributed by atoms with E-state index >= 15 is 0 Å². The highest BCUT2D eigenvalue weighted by molar-refractivity contribution is 5.34. The molecule has 2 nitrogen and oxygen atoms in total. The van der Waals surface area contributed by atoms with Crippen LogP contribution in [0.1, 0.15) is 17.2 Å². The van der Waals surface area contributed by atoms with E-state index in [-0.39, 0.29) is 5.56 Å². The van der Waals surface area contributed by atoms with E-state index in [4.69, 9.17) is 5.26 Å². The number of nitrogens with zero attached hydrogens (tertiary/aromatic N) is 1.